The molecule has 7 aromatic rings. The molecule has 2 aromatic carbocycles. The smallest absolute Gasteiger partial charge is 0.276 e. The zero-order valence-electron chi connectivity index (χ0n) is 41.3. The topological polar surface area (TPSA) is 236 Å². The summed E-state index contributed by atoms with van der Waals surface area (Å²) in [5.41, 5.74) is 17.1. The molecule has 0 spiro atoms. The highest BCUT2D eigenvalue weighted by Crippen LogP contribution is 2.38. The van der Waals surface area contributed by atoms with Gasteiger partial charge in [0.25, 0.3) is 5.91 Å². The molecule has 0 fully saturated rings. The summed E-state index contributed by atoms with van der Waals surface area (Å²) in [6, 6.07) is 10.3. The van der Waals surface area contributed by atoms with Crippen LogP contribution < -0.4 is 26.3 Å². The number of nitrogens with zero attached hydrogens (tertiary/aromatic N) is 9. The van der Waals surface area contributed by atoms with Gasteiger partial charge < -0.3 is 39.2 Å². The number of hydrogen-bond donors (Lipinski definition) is 3. The fourth-order valence-electron chi connectivity index (χ4n) is 7.91. The molecule has 19 nitrogen and oxygen atoms in total. The number of aromatic nitrogens is 9. The lowest BCUT2D eigenvalue weighted by atomic mass is 10.1. The maximum atomic E-state index is 13.9. The molecule has 3 amide bonds. The number of amides is 3. The number of aryl methyl sites for hydroxylation is 4. The maximum absolute atomic E-state index is 13.9. The third kappa shape index (κ3) is 10.7. The second-order valence-electron chi connectivity index (χ2n) is 18.4. The van der Waals surface area contributed by atoms with E-state index in [0.29, 0.717) is 114 Å². The van der Waals surface area contributed by atoms with Crippen LogP contribution >= 0.6 is 0 Å². The molecule has 0 bridgehead atoms. The molecule has 0 saturated heterocycles. The van der Waals surface area contributed by atoms with E-state index in [1.54, 1.807) is 48.3 Å². The average Bonchev–Trinajstić information content (AvgIpc) is 4.06. The van der Waals surface area contributed by atoms with Crippen molar-refractivity contribution >= 4 is 65.0 Å². The lowest BCUT2D eigenvalue weighted by Gasteiger charge is -2.36. The molecule has 5 aromatic heterocycles. The van der Waals surface area contributed by atoms with E-state index in [-0.39, 0.29) is 35.3 Å². The summed E-state index contributed by atoms with van der Waals surface area (Å²) in [7, 11) is -0.373. The van der Waals surface area contributed by atoms with Crippen LogP contribution in [0.25, 0.3) is 44.5 Å². The summed E-state index contributed by atoms with van der Waals surface area (Å²) in [5, 5.41) is 13.5. The number of carbonyl (C=O) groups is 3. The normalized spacial score (nSPS) is 12.3. The van der Waals surface area contributed by atoms with Crippen LogP contribution in [0.1, 0.15) is 90.1 Å². The number of allylic oxidation sites excluding steroid dienone is 2. The molecule has 5 N–H and O–H groups in total. The minimum absolute atomic E-state index is 0.0608. The molecule has 0 atom stereocenters. The van der Waals surface area contributed by atoms with Crippen molar-refractivity contribution in [3.63, 3.8) is 0 Å². The largest absolute Gasteiger partial charge is 0.491 e. The Morgan fingerprint density at radius 3 is 2.00 bits per heavy atom. The van der Waals surface area contributed by atoms with Crippen molar-refractivity contribution in [3.05, 3.63) is 83.0 Å². The molecule has 0 saturated carbocycles. The van der Waals surface area contributed by atoms with Crippen LogP contribution in [0, 0.1) is 13.8 Å². The lowest BCUT2D eigenvalue weighted by Crippen LogP contribution is -2.41. The summed E-state index contributed by atoms with van der Waals surface area (Å²) in [4.78, 5) is 54.1. The Labute approximate surface area is 402 Å². The molecule has 7 rings (SSSR count). The minimum Gasteiger partial charge on any atom is -0.491 e. The van der Waals surface area contributed by atoms with E-state index < -0.39 is 26.0 Å². The number of methoxy groups -OCH3 is 1. The number of hydrogen-bond acceptors (Lipinski definition) is 12. The van der Waals surface area contributed by atoms with Gasteiger partial charge in [-0.2, -0.15) is 10.2 Å². The van der Waals surface area contributed by atoms with Gasteiger partial charge in [-0.3, -0.25) is 29.1 Å². The van der Waals surface area contributed by atoms with Gasteiger partial charge in [-0.15, -0.1) is 0 Å². The van der Waals surface area contributed by atoms with Gasteiger partial charge in [0.05, 0.1) is 35.6 Å². The summed E-state index contributed by atoms with van der Waals surface area (Å²) in [6.45, 7) is 21.9. The summed E-state index contributed by atoms with van der Waals surface area (Å²) in [6.07, 6.45) is 6.88. The minimum atomic E-state index is -1.99. The number of imidazole rings is 1. The number of ether oxygens (including phenoxy) is 3. The van der Waals surface area contributed by atoms with Crippen molar-refractivity contribution in [2.75, 3.05) is 38.9 Å². The van der Waals surface area contributed by atoms with Gasteiger partial charge in [-0.1, -0.05) is 32.9 Å². The molecular weight excluding hydrogens is 897 g/mol. The second-order valence-corrected chi connectivity index (χ2v) is 23.2. The number of nitrogens with one attached hydrogen (secondary N) is 1. The van der Waals surface area contributed by atoms with Crippen LogP contribution in [0.3, 0.4) is 0 Å². The van der Waals surface area contributed by atoms with Crippen LogP contribution in [0.15, 0.2) is 54.7 Å². The van der Waals surface area contributed by atoms with Crippen molar-refractivity contribution in [2.45, 2.75) is 106 Å². The van der Waals surface area contributed by atoms with Crippen LogP contribution in [-0.4, -0.2) is 103 Å². The Balaban J connectivity index is 1.32. The van der Waals surface area contributed by atoms with E-state index in [9.17, 15) is 14.4 Å². The molecular formula is C49H64N12O7Si. The Bertz CT molecular complexity index is 3060. The zero-order chi connectivity index (χ0) is 49.8. The van der Waals surface area contributed by atoms with Gasteiger partial charge in [-0.25, -0.2) is 15.0 Å². The number of anilines is 1. The number of primary amides is 2. The molecule has 5 heterocycles. The number of rotatable bonds is 22. The third-order valence-electron chi connectivity index (χ3n) is 12.4. The predicted octanol–water partition coefficient (Wildman–Crippen LogP) is 7.56. The fourth-order valence-corrected chi connectivity index (χ4v) is 8.99. The van der Waals surface area contributed by atoms with Gasteiger partial charge in [0, 0.05) is 87.4 Å². The number of carbonyl (C=O) groups excluding carboxylic acids is 3. The van der Waals surface area contributed by atoms with Gasteiger partial charge in [-0.05, 0) is 82.2 Å². The summed E-state index contributed by atoms with van der Waals surface area (Å²) in [5.74, 6) is -0.139. The Morgan fingerprint density at radius 2 is 1.36 bits per heavy atom. The van der Waals surface area contributed by atoms with Crippen LogP contribution in [0.4, 0.5) is 5.95 Å². The molecule has 0 unspecified atom stereocenters. The Morgan fingerprint density at radius 1 is 0.754 bits per heavy atom. The molecule has 366 valence electrons. The quantitative estimate of drug-likeness (QED) is 0.0339. The zero-order valence-corrected chi connectivity index (χ0v) is 42.3. The molecule has 69 heavy (non-hydrogen) atoms. The van der Waals surface area contributed by atoms with Gasteiger partial charge in [0.15, 0.2) is 14.1 Å². The summed E-state index contributed by atoms with van der Waals surface area (Å²) < 4.78 is 31.8. The number of nitrogens with two attached hydrogens (primary N) is 2. The number of fused-ring (bicyclic) bond motifs is 4. The Kier molecular flexibility index (Phi) is 15.0. The molecule has 0 aliphatic heterocycles. The molecule has 0 aliphatic carbocycles. The van der Waals surface area contributed by atoms with E-state index >= 15 is 0 Å². The highest BCUT2D eigenvalue weighted by Gasteiger charge is 2.37. The van der Waals surface area contributed by atoms with Gasteiger partial charge >= 0.3 is 0 Å². The predicted molar refractivity (Wildman–Crippen MR) is 268 cm³/mol. The second kappa shape index (κ2) is 20.8. The highest BCUT2D eigenvalue weighted by molar-refractivity contribution is 6.74. The van der Waals surface area contributed by atoms with E-state index in [1.807, 2.05) is 59.7 Å². The van der Waals surface area contributed by atoms with Crippen molar-refractivity contribution in [1.29, 1.82) is 0 Å². The first kappa shape index (κ1) is 50.0. The molecule has 0 radical (unpaired) electrons. The van der Waals surface area contributed by atoms with E-state index in [4.69, 9.17) is 45.1 Å². The first-order valence-electron chi connectivity index (χ1n) is 23.3. The van der Waals surface area contributed by atoms with Crippen LogP contribution in [0.5, 0.6) is 11.5 Å². The van der Waals surface area contributed by atoms with Crippen LogP contribution in [0.2, 0.25) is 18.1 Å². The standard InChI is InChI=1S/C49H64N12O7Si/c1-11-60-37(23-30(3)56-60)45-52-29-35-34-25-32(43(50)62)27-39(66-21-16-22-68-69(9,10)49(5,6)7)41(34)58(46(35)54-45)17-13-14-18-59-42-36(26-33(44(51)63)28-40(42)67-20-15-19-65-8)53-48(59)55-47(64)38-24-31(4)57-61(38)12-2/h13-14,23-29H,11-12,15-22H2,1-10H3,(H2,50,62)(H2,51,63)(H,53,55,64)/b14-13+. The highest BCUT2D eigenvalue weighted by atomic mass is 28.4. The van der Waals surface area contributed by atoms with Gasteiger partial charge in [0.1, 0.15) is 34.1 Å². The molecule has 20 heteroatoms. The van der Waals surface area contributed by atoms with Crippen molar-refractivity contribution in [2.24, 2.45) is 11.5 Å². The first-order chi connectivity index (χ1) is 32.8. The third-order valence-corrected chi connectivity index (χ3v) is 17.0. The Hall–Kier alpha value is -6.90. The SMILES string of the molecule is CCn1nc(C)cc1C(=O)Nc1nc2cc(C(N)=O)cc(OCCCOC)c2n1C/C=C/Cn1c2nc(-c3cc(C)nn3CC)ncc2c2cc(C(N)=O)cc(OCCCO[Si](C)(C)C(C)(C)C)c21. The van der Waals surface area contributed by atoms with Crippen LogP contribution in [-0.2, 0) is 35.3 Å². The fraction of sp³-hybridized carbons (Fsp3) is 0.429. The summed E-state index contributed by atoms with van der Waals surface area (Å²) >= 11 is 0. The molecule has 0 aliphatic rings. The van der Waals surface area contributed by atoms with E-state index in [0.717, 1.165) is 11.4 Å². The van der Waals surface area contributed by atoms with Crippen molar-refractivity contribution < 1.29 is 33.0 Å². The van der Waals surface area contributed by atoms with Crippen molar-refractivity contribution in [1.82, 2.24) is 43.6 Å². The first-order valence-corrected chi connectivity index (χ1v) is 26.2. The van der Waals surface area contributed by atoms with E-state index in [2.05, 4.69) is 49.4 Å². The maximum Gasteiger partial charge on any atom is 0.276 e. The van der Waals surface area contributed by atoms with Crippen molar-refractivity contribution in [3.8, 4) is 23.0 Å². The monoisotopic (exact) mass is 960 g/mol. The van der Waals surface area contributed by atoms with E-state index in [1.165, 1.54) is 0 Å². The lowest BCUT2D eigenvalue weighted by molar-refractivity contribution is 0.0991. The average molecular weight is 961 g/mol. The number of benzene rings is 2. The van der Waals surface area contributed by atoms with Gasteiger partial charge in [0.2, 0.25) is 17.8 Å².